The summed E-state index contributed by atoms with van der Waals surface area (Å²) < 4.78 is 31.5. The fourth-order valence-electron chi connectivity index (χ4n) is 2.85. The number of aliphatic hydroxyl groups excluding tert-OH is 1. The SMILES string of the molecule is CCS(=O)(=O)N[C@H]1C=C[C@H](CC(=O)N2CCCCC2)O[C@H]1CO. The monoisotopic (exact) mass is 346 g/mol. The van der Waals surface area contributed by atoms with Crippen molar-refractivity contribution in [3.63, 3.8) is 0 Å². The van der Waals surface area contributed by atoms with Gasteiger partial charge in [-0.2, -0.15) is 0 Å². The number of carbonyl (C=O) groups excluding carboxylic acids is 1. The van der Waals surface area contributed by atoms with Crippen LogP contribution in [0.4, 0.5) is 0 Å². The Hall–Kier alpha value is -0.960. The summed E-state index contributed by atoms with van der Waals surface area (Å²) in [5.41, 5.74) is 0. The largest absolute Gasteiger partial charge is 0.394 e. The zero-order valence-electron chi connectivity index (χ0n) is 13.5. The molecule has 3 atom stereocenters. The van der Waals surface area contributed by atoms with E-state index in [1.165, 1.54) is 0 Å². The summed E-state index contributed by atoms with van der Waals surface area (Å²) in [7, 11) is -3.39. The van der Waals surface area contributed by atoms with Crippen molar-refractivity contribution < 1.29 is 23.1 Å². The Bertz CT molecular complexity index is 528. The summed E-state index contributed by atoms with van der Waals surface area (Å²) in [6, 6.07) is -0.605. The van der Waals surface area contributed by atoms with Gasteiger partial charge in [-0.1, -0.05) is 12.2 Å². The van der Waals surface area contributed by atoms with E-state index >= 15 is 0 Å². The second kappa shape index (κ2) is 8.23. The Kier molecular flexibility index (Phi) is 6.58. The Labute approximate surface area is 137 Å². The summed E-state index contributed by atoms with van der Waals surface area (Å²) in [5, 5.41) is 9.44. The first kappa shape index (κ1) is 18.4. The van der Waals surface area contributed by atoms with Crippen molar-refractivity contribution in [1.29, 1.82) is 0 Å². The molecule has 2 aliphatic rings. The van der Waals surface area contributed by atoms with Crippen molar-refractivity contribution in [1.82, 2.24) is 9.62 Å². The maximum atomic E-state index is 12.3. The predicted octanol–water partition coefficient (Wildman–Crippen LogP) is 0.0128. The minimum atomic E-state index is -3.39. The van der Waals surface area contributed by atoms with Gasteiger partial charge in [-0.25, -0.2) is 13.1 Å². The van der Waals surface area contributed by atoms with Gasteiger partial charge >= 0.3 is 0 Å². The van der Waals surface area contributed by atoms with Crippen molar-refractivity contribution in [3.8, 4) is 0 Å². The van der Waals surface area contributed by atoms with E-state index in [-0.39, 0.29) is 24.7 Å². The van der Waals surface area contributed by atoms with Crippen LogP contribution in [0.3, 0.4) is 0 Å². The second-order valence-electron chi connectivity index (χ2n) is 5.97. The van der Waals surface area contributed by atoms with E-state index < -0.39 is 28.3 Å². The Morgan fingerprint density at radius 2 is 2.00 bits per heavy atom. The molecule has 8 heteroatoms. The van der Waals surface area contributed by atoms with Crippen LogP contribution in [0, 0.1) is 0 Å². The number of aliphatic hydroxyl groups is 1. The molecule has 2 aliphatic heterocycles. The van der Waals surface area contributed by atoms with Crippen molar-refractivity contribution in [2.24, 2.45) is 0 Å². The minimum Gasteiger partial charge on any atom is -0.394 e. The first-order valence-corrected chi connectivity index (χ1v) is 9.83. The topological polar surface area (TPSA) is 95.9 Å². The molecular formula is C15H26N2O5S. The lowest BCUT2D eigenvalue weighted by atomic mass is 10.0. The van der Waals surface area contributed by atoms with Gasteiger partial charge in [0.1, 0.15) is 6.10 Å². The van der Waals surface area contributed by atoms with Crippen LogP contribution < -0.4 is 4.72 Å². The highest BCUT2D eigenvalue weighted by molar-refractivity contribution is 7.89. The third kappa shape index (κ3) is 5.27. The van der Waals surface area contributed by atoms with E-state index in [1.807, 2.05) is 4.90 Å². The molecule has 1 saturated heterocycles. The highest BCUT2D eigenvalue weighted by Gasteiger charge is 2.31. The minimum absolute atomic E-state index is 0.0354. The van der Waals surface area contributed by atoms with Gasteiger partial charge in [0.15, 0.2) is 0 Å². The number of nitrogens with one attached hydrogen (secondary N) is 1. The molecule has 0 aliphatic carbocycles. The Morgan fingerprint density at radius 3 is 2.61 bits per heavy atom. The van der Waals surface area contributed by atoms with Crippen LogP contribution in [0.5, 0.6) is 0 Å². The molecule has 1 fully saturated rings. The van der Waals surface area contributed by atoms with Crippen LogP contribution in [-0.2, 0) is 19.6 Å². The molecule has 7 nitrogen and oxygen atoms in total. The molecule has 132 valence electrons. The second-order valence-corrected chi connectivity index (χ2v) is 8.02. The molecule has 2 rings (SSSR count). The van der Waals surface area contributed by atoms with Crippen molar-refractivity contribution in [2.75, 3.05) is 25.4 Å². The summed E-state index contributed by atoms with van der Waals surface area (Å²) in [6.07, 6.45) is 5.73. The average Bonchev–Trinajstić information content (AvgIpc) is 2.56. The third-order valence-electron chi connectivity index (χ3n) is 4.24. The van der Waals surface area contributed by atoms with Gasteiger partial charge in [0.2, 0.25) is 15.9 Å². The molecular weight excluding hydrogens is 320 g/mol. The van der Waals surface area contributed by atoms with Gasteiger partial charge in [0, 0.05) is 13.1 Å². The number of rotatable bonds is 6. The molecule has 2 N–H and O–H groups in total. The van der Waals surface area contributed by atoms with E-state index in [1.54, 1.807) is 19.1 Å². The lowest BCUT2D eigenvalue weighted by molar-refractivity contribution is -0.136. The highest BCUT2D eigenvalue weighted by Crippen LogP contribution is 2.18. The lowest BCUT2D eigenvalue weighted by Crippen LogP contribution is -2.49. The molecule has 0 aromatic heterocycles. The number of amides is 1. The van der Waals surface area contributed by atoms with Crippen molar-refractivity contribution in [3.05, 3.63) is 12.2 Å². The van der Waals surface area contributed by atoms with Crippen LogP contribution in [0.15, 0.2) is 12.2 Å². The van der Waals surface area contributed by atoms with E-state index in [2.05, 4.69) is 4.72 Å². The highest BCUT2D eigenvalue weighted by atomic mass is 32.2. The van der Waals surface area contributed by atoms with E-state index in [0.717, 1.165) is 32.4 Å². The maximum absolute atomic E-state index is 12.3. The standard InChI is InChI=1S/C15H26N2O5S/c1-2-23(20,21)16-13-7-6-12(22-14(13)11-18)10-15(19)17-8-4-3-5-9-17/h6-7,12-14,16,18H,2-5,8-11H2,1H3/t12-,13+,14+/m1/s1. The zero-order chi connectivity index (χ0) is 16.9. The van der Waals surface area contributed by atoms with E-state index in [9.17, 15) is 18.3 Å². The molecule has 0 spiro atoms. The van der Waals surface area contributed by atoms with Crippen LogP contribution in [0.1, 0.15) is 32.6 Å². The third-order valence-corrected chi connectivity index (χ3v) is 5.63. The molecule has 0 aromatic rings. The molecule has 23 heavy (non-hydrogen) atoms. The maximum Gasteiger partial charge on any atom is 0.225 e. The number of likely N-dealkylation sites (tertiary alicyclic amines) is 1. The number of hydrogen-bond donors (Lipinski definition) is 2. The quantitative estimate of drug-likeness (QED) is 0.661. The Balaban J connectivity index is 1.94. The van der Waals surface area contributed by atoms with Gasteiger partial charge in [0.25, 0.3) is 0 Å². The van der Waals surface area contributed by atoms with E-state index in [0.29, 0.717) is 0 Å². The number of hydrogen-bond acceptors (Lipinski definition) is 5. The van der Waals surface area contributed by atoms with Gasteiger partial charge in [-0.05, 0) is 26.2 Å². The van der Waals surface area contributed by atoms with Gasteiger partial charge in [0.05, 0.1) is 30.9 Å². The summed E-state index contributed by atoms with van der Waals surface area (Å²) in [4.78, 5) is 14.1. The summed E-state index contributed by atoms with van der Waals surface area (Å²) in [5.74, 6) is 0.00967. The fraction of sp³-hybridized carbons (Fsp3) is 0.800. The smallest absolute Gasteiger partial charge is 0.225 e. The zero-order valence-corrected chi connectivity index (χ0v) is 14.3. The lowest BCUT2D eigenvalue weighted by Gasteiger charge is -2.33. The Morgan fingerprint density at radius 1 is 1.30 bits per heavy atom. The number of sulfonamides is 1. The van der Waals surface area contributed by atoms with Crippen LogP contribution in [0.2, 0.25) is 0 Å². The molecule has 0 aromatic carbocycles. The first-order chi connectivity index (χ1) is 10.9. The van der Waals surface area contributed by atoms with Crippen LogP contribution in [-0.4, -0.2) is 68.0 Å². The number of carbonyl (C=O) groups is 1. The average molecular weight is 346 g/mol. The molecule has 2 heterocycles. The van der Waals surface area contributed by atoms with E-state index in [4.69, 9.17) is 4.74 Å². The normalized spacial score (nSPS) is 28.8. The van der Waals surface area contributed by atoms with Crippen LogP contribution >= 0.6 is 0 Å². The molecule has 0 saturated carbocycles. The molecule has 0 bridgehead atoms. The van der Waals surface area contributed by atoms with Gasteiger partial charge < -0.3 is 14.7 Å². The predicted molar refractivity (Wildman–Crippen MR) is 86.3 cm³/mol. The molecule has 0 radical (unpaired) electrons. The number of ether oxygens (including phenoxy) is 1. The first-order valence-electron chi connectivity index (χ1n) is 8.17. The summed E-state index contributed by atoms with van der Waals surface area (Å²) in [6.45, 7) is 2.81. The van der Waals surface area contributed by atoms with Crippen molar-refractivity contribution >= 4 is 15.9 Å². The molecule has 0 unspecified atom stereocenters. The van der Waals surface area contributed by atoms with Crippen LogP contribution in [0.25, 0.3) is 0 Å². The summed E-state index contributed by atoms with van der Waals surface area (Å²) >= 11 is 0. The van der Waals surface area contributed by atoms with Gasteiger partial charge in [-0.15, -0.1) is 0 Å². The number of nitrogens with zero attached hydrogens (tertiary/aromatic N) is 1. The van der Waals surface area contributed by atoms with Crippen molar-refractivity contribution in [2.45, 2.75) is 50.9 Å². The molecule has 1 amide bonds. The van der Waals surface area contributed by atoms with Gasteiger partial charge in [-0.3, -0.25) is 4.79 Å². The fourth-order valence-corrected chi connectivity index (χ4v) is 3.66. The number of piperidine rings is 1.